The van der Waals surface area contributed by atoms with Gasteiger partial charge in [0.25, 0.3) is 0 Å². The number of fused-ring (bicyclic) bond motifs is 4. The number of carbonyl (C=O) groups is 3. The van der Waals surface area contributed by atoms with Crippen molar-refractivity contribution in [2.24, 2.45) is 39.4 Å². The average molecular weight is 615 g/mol. The molecule has 0 radical (unpaired) electrons. The highest BCUT2D eigenvalue weighted by Gasteiger charge is 2.64. The van der Waals surface area contributed by atoms with Gasteiger partial charge in [-0.2, -0.15) is 0 Å². The van der Waals surface area contributed by atoms with Gasteiger partial charge in [-0.05, 0) is 113 Å². The average Bonchev–Trinajstić information content (AvgIpc) is 3.18. The first-order valence-corrected chi connectivity index (χ1v) is 16.9. The van der Waals surface area contributed by atoms with Gasteiger partial charge in [-0.25, -0.2) is 0 Å². The standard InChI is InChI=1S/C37H58O7/c1-23(2)11-10-12-24(32(40)41)25-15-19-37(8)27-13-14-28-33(3,4)29(44-31(39)22-34(5,42)21-30(38)43-9)17-18-35(28,6)26(27)16-20-36(25,37)7/h11,24-25,28-29,42H,10,12-22H2,1-9H3,(H,40,41)/t24-,25-,28?,29-,34?,35-,36-,37+/m1/s1. The Morgan fingerprint density at radius 3 is 2.23 bits per heavy atom. The summed E-state index contributed by atoms with van der Waals surface area (Å²) in [6, 6.07) is 0. The number of methoxy groups -OCH3 is 1. The van der Waals surface area contributed by atoms with Crippen LogP contribution in [0.2, 0.25) is 0 Å². The predicted octanol–water partition coefficient (Wildman–Crippen LogP) is 7.80. The fraction of sp³-hybridized carbons (Fsp3) is 0.811. The molecule has 0 aliphatic heterocycles. The first kappa shape index (κ1) is 34.7. The van der Waals surface area contributed by atoms with E-state index in [1.807, 2.05) is 0 Å². The molecule has 0 aromatic heterocycles. The fourth-order valence-corrected chi connectivity index (χ4v) is 10.6. The first-order valence-electron chi connectivity index (χ1n) is 16.9. The summed E-state index contributed by atoms with van der Waals surface area (Å²) in [6.45, 7) is 17.4. The van der Waals surface area contributed by atoms with E-state index in [1.165, 1.54) is 19.6 Å². The summed E-state index contributed by atoms with van der Waals surface area (Å²) in [5.41, 5.74) is 2.65. The van der Waals surface area contributed by atoms with E-state index in [0.717, 1.165) is 57.8 Å². The van der Waals surface area contributed by atoms with E-state index in [2.05, 4.69) is 59.3 Å². The van der Waals surface area contributed by atoms with E-state index in [4.69, 9.17) is 4.74 Å². The molecule has 0 spiro atoms. The number of hydrogen-bond donors (Lipinski definition) is 2. The summed E-state index contributed by atoms with van der Waals surface area (Å²) < 4.78 is 10.7. The molecule has 0 saturated heterocycles. The summed E-state index contributed by atoms with van der Waals surface area (Å²) in [7, 11) is 1.27. The van der Waals surface area contributed by atoms with Crippen LogP contribution in [-0.2, 0) is 23.9 Å². The van der Waals surface area contributed by atoms with E-state index in [0.29, 0.717) is 12.3 Å². The number of allylic oxidation sites excluding steroid dienone is 4. The smallest absolute Gasteiger partial charge is 0.309 e. The zero-order chi connectivity index (χ0) is 32.9. The highest BCUT2D eigenvalue weighted by atomic mass is 16.5. The van der Waals surface area contributed by atoms with Gasteiger partial charge in [0.05, 0.1) is 31.5 Å². The van der Waals surface area contributed by atoms with Crippen LogP contribution >= 0.6 is 0 Å². The van der Waals surface area contributed by atoms with Crippen LogP contribution in [0, 0.1) is 39.4 Å². The van der Waals surface area contributed by atoms with Crippen molar-refractivity contribution < 1.29 is 34.1 Å². The van der Waals surface area contributed by atoms with Gasteiger partial charge in [-0.3, -0.25) is 14.4 Å². The summed E-state index contributed by atoms with van der Waals surface area (Å²) in [6.07, 6.45) is 10.7. The third-order valence-electron chi connectivity index (χ3n) is 13.1. The number of aliphatic carboxylic acids is 1. The van der Waals surface area contributed by atoms with Gasteiger partial charge in [0.1, 0.15) is 6.10 Å². The molecule has 0 amide bonds. The number of rotatable bonds is 10. The van der Waals surface area contributed by atoms with Crippen LogP contribution in [0.4, 0.5) is 0 Å². The minimum Gasteiger partial charge on any atom is -0.481 e. The topological polar surface area (TPSA) is 110 Å². The minimum atomic E-state index is -1.52. The highest BCUT2D eigenvalue weighted by Crippen LogP contribution is 2.72. The summed E-state index contributed by atoms with van der Waals surface area (Å²) in [5, 5.41) is 21.0. The van der Waals surface area contributed by atoms with Crippen LogP contribution in [0.15, 0.2) is 22.8 Å². The molecule has 0 bridgehead atoms. The van der Waals surface area contributed by atoms with Crippen LogP contribution in [0.1, 0.15) is 132 Å². The maximum atomic E-state index is 13.0. The van der Waals surface area contributed by atoms with Crippen molar-refractivity contribution in [3.05, 3.63) is 22.8 Å². The largest absolute Gasteiger partial charge is 0.481 e. The Kier molecular flexibility index (Phi) is 9.64. The first-order chi connectivity index (χ1) is 20.3. The van der Waals surface area contributed by atoms with Crippen LogP contribution in [-0.4, -0.2) is 46.9 Å². The number of aliphatic hydroxyl groups is 1. The van der Waals surface area contributed by atoms with Crippen molar-refractivity contribution in [3.63, 3.8) is 0 Å². The van der Waals surface area contributed by atoms with Crippen molar-refractivity contribution in [2.45, 2.75) is 144 Å². The molecule has 2 N–H and O–H groups in total. The highest BCUT2D eigenvalue weighted by molar-refractivity contribution is 5.75. The second-order valence-electron chi connectivity index (χ2n) is 16.4. The van der Waals surface area contributed by atoms with Gasteiger partial charge in [-0.15, -0.1) is 0 Å². The lowest BCUT2D eigenvalue weighted by atomic mass is 9.43. The number of hydrogen-bond acceptors (Lipinski definition) is 6. The number of carboxylic acids is 1. The van der Waals surface area contributed by atoms with E-state index in [1.54, 1.807) is 11.1 Å². The molecule has 2 unspecified atom stereocenters. The van der Waals surface area contributed by atoms with Crippen molar-refractivity contribution in [1.82, 2.24) is 0 Å². The van der Waals surface area contributed by atoms with Crippen LogP contribution in [0.25, 0.3) is 0 Å². The second kappa shape index (κ2) is 12.2. The van der Waals surface area contributed by atoms with Gasteiger partial charge < -0.3 is 19.7 Å². The lowest BCUT2D eigenvalue weighted by Gasteiger charge is -2.62. The lowest BCUT2D eigenvalue weighted by molar-refractivity contribution is -0.174. The maximum Gasteiger partial charge on any atom is 0.309 e. The molecule has 248 valence electrons. The van der Waals surface area contributed by atoms with Crippen LogP contribution in [0.3, 0.4) is 0 Å². The Morgan fingerprint density at radius 1 is 0.955 bits per heavy atom. The van der Waals surface area contributed by atoms with Gasteiger partial charge in [-0.1, -0.05) is 57.4 Å². The Hall–Kier alpha value is -2.15. The van der Waals surface area contributed by atoms with E-state index in [-0.39, 0.29) is 52.4 Å². The molecule has 0 heterocycles. The van der Waals surface area contributed by atoms with Gasteiger partial charge in [0.2, 0.25) is 0 Å². The SMILES string of the molecule is COC(=O)CC(C)(O)CC(=O)O[C@@H]1CC[C@]2(C)C3=C(CCC2C1(C)C)[C@]1(C)CC[C@H]([C@@H](CCC=C(C)C)C(=O)O)[C@@]1(C)CC3. The molecular weight excluding hydrogens is 556 g/mol. The molecule has 0 aromatic rings. The number of carboxylic acid groups (broad SMARTS) is 1. The summed E-state index contributed by atoms with van der Waals surface area (Å²) in [5.74, 6) is -1.47. The Balaban J connectivity index is 1.55. The predicted molar refractivity (Wildman–Crippen MR) is 171 cm³/mol. The van der Waals surface area contributed by atoms with Gasteiger partial charge in [0, 0.05) is 5.41 Å². The van der Waals surface area contributed by atoms with Gasteiger partial charge >= 0.3 is 17.9 Å². The number of ether oxygens (including phenoxy) is 2. The molecule has 4 rings (SSSR count). The Bertz CT molecular complexity index is 1210. The molecule has 2 fully saturated rings. The molecule has 7 nitrogen and oxygen atoms in total. The number of esters is 2. The minimum absolute atomic E-state index is 0.00210. The molecule has 4 aliphatic carbocycles. The molecule has 2 saturated carbocycles. The lowest BCUT2D eigenvalue weighted by Crippen LogP contribution is -2.56. The van der Waals surface area contributed by atoms with Crippen molar-refractivity contribution in [1.29, 1.82) is 0 Å². The summed E-state index contributed by atoms with van der Waals surface area (Å²) in [4.78, 5) is 37.3. The van der Waals surface area contributed by atoms with Crippen LogP contribution in [0.5, 0.6) is 0 Å². The van der Waals surface area contributed by atoms with Crippen molar-refractivity contribution in [3.8, 4) is 0 Å². The fourth-order valence-electron chi connectivity index (χ4n) is 10.6. The van der Waals surface area contributed by atoms with Gasteiger partial charge in [0.15, 0.2) is 0 Å². The zero-order valence-electron chi connectivity index (χ0n) is 28.8. The molecular formula is C37H58O7. The molecule has 0 aromatic carbocycles. The van der Waals surface area contributed by atoms with E-state index < -0.39 is 23.5 Å². The Morgan fingerprint density at radius 2 is 1.61 bits per heavy atom. The van der Waals surface area contributed by atoms with Crippen LogP contribution < -0.4 is 0 Å². The molecule has 4 aliphatic rings. The summed E-state index contributed by atoms with van der Waals surface area (Å²) >= 11 is 0. The molecule has 8 atom stereocenters. The third-order valence-corrected chi connectivity index (χ3v) is 13.1. The van der Waals surface area contributed by atoms with Crippen molar-refractivity contribution in [2.75, 3.05) is 7.11 Å². The number of carbonyl (C=O) groups excluding carboxylic acids is 2. The molecule has 44 heavy (non-hydrogen) atoms. The normalized spacial score (nSPS) is 36.2. The van der Waals surface area contributed by atoms with E-state index >= 15 is 0 Å². The monoisotopic (exact) mass is 614 g/mol. The molecule has 7 heteroatoms. The van der Waals surface area contributed by atoms with E-state index in [9.17, 15) is 24.6 Å². The zero-order valence-corrected chi connectivity index (χ0v) is 28.8. The second-order valence-corrected chi connectivity index (χ2v) is 16.4. The third kappa shape index (κ3) is 6.03. The quantitative estimate of drug-likeness (QED) is 0.191. The Labute approximate surface area is 265 Å². The van der Waals surface area contributed by atoms with Crippen molar-refractivity contribution >= 4 is 17.9 Å². The maximum absolute atomic E-state index is 13.0.